The first kappa shape index (κ1) is 18.1. The van der Waals surface area contributed by atoms with Gasteiger partial charge < -0.3 is 9.88 Å². The van der Waals surface area contributed by atoms with Crippen molar-refractivity contribution >= 4 is 27.0 Å². The van der Waals surface area contributed by atoms with E-state index in [1.54, 1.807) is 20.0 Å². The summed E-state index contributed by atoms with van der Waals surface area (Å²) in [6.45, 7) is 4.01. The summed E-state index contributed by atoms with van der Waals surface area (Å²) >= 11 is 0. The predicted octanol–water partition coefficient (Wildman–Crippen LogP) is 2.10. The second kappa shape index (κ2) is 6.54. The van der Waals surface area contributed by atoms with Crippen LogP contribution in [0.4, 0.5) is 0 Å². The van der Waals surface area contributed by atoms with Gasteiger partial charge in [0, 0.05) is 12.6 Å². The van der Waals surface area contributed by atoms with Gasteiger partial charge in [0.2, 0.25) is 10.0 Å². The first-order chi connectivity index (χ1) is 12.1. The van der Waals surface area contributed by atoms with E-state index in [1.165, 1.54) is 17.0 Å². The van der Waals surface area contributed by atoms with Gasteiger partial charge in [0.05, 0.1) is 22.5 Å². The van der Waals surface area contributed by atoms with Crippen molar-refractivity contribution in [3.05, 3.63) is 58.9 Å². The minimum atomic E-state index is -3.87. The number of fused-ring (bicyclic) bond motifs is 1. The summed E-state index contributed by atoms with van der Waals surface area (Å²) in [6, 6.07) is 10.2. The van der Waals surface area contributed by atoms with Crippen molar-refractivity contribution in [2.75, 3.05) is 7.05 Å². The molecule has 0 aliphatic heterocycles. The third-order valence-corrected chi connectivity index (χ3v) is 5.10. The molecule has 3 N–H and O–H groups in total. The van der Waals surface area contributed by atoms with E-state index in [0.717, 1.165) is 16.6 Å². The Labute approximate surface area is 151 Å². The number of primary sulfonamides is 1. The summed E-state index contributed by atoms with van der Waals surface area (Å²) < 4.78 is 23.1. The number of carbonyl (C=O) groups is 1. The average Bonchev–Trinajstić information content (AvgIpc) is 2.94. The standard InChI is InChI=1S/C18H20N4O3S/c1-11-4-7-15-16(8-11)21-17(20-15)10-22(3)18(23)14-9-13(26(19,24)25)6-5-12(14)2/h4-9H,10H2,1-3H3,(H,20,21)(H2,19,24,25). The minimum absolute atomic E-state index is 0.0842. The van der Waals surface area contributed by atoms with Crippen LogP contribution in [0.15, 0.2) is 41.3 Å². The lowest BCUT2D eigenvalue weighted by Gasteiger charge is -2.17. The highest BCUT2D eigenvalue weighted by molar-refractivity contribution is 7.89. The fourth-order valence-electron chi connectivity index (χ4n) is 2.76. The molecular weight excluding hydrogens is 352 g/mol. The molecule has 0 saturated heterocycles. The number of aromatic amines is 1. The average molecular weight is 372 g/mol. The van der Waals surface area contributed by atoms with E-state index in [1.807, 2.05) is 25.1 Å². The topological polar surface area (TPSA) is 109 Å². The van der Waals surface area contributed by atoms with Gasteiger partial charge in [-0.2, -0.15) is 0 Å². The molecule has 3 rings (SSSR count). The summed E-state index contributed by atoms with van der Waals surface area (Å²) in [7, 11) is -2.23. The number of aryl methyl sites for hydroxylation is 2. The number of rotatable bonds is 4. The molecule has 0 aliphatic rings. The third kappa shape index (κ3) is 3.61. The van der Waals surface area contributed by atoms with Gasteiger partial charge in [-0.25, -0.2) is 18.5 Å². The number of aromatic nitrogens is 2. The van der Waals surface area contributed by atoms with E-state index in [0.29, 0.717) is 17.0 Å². The molecule has 0 atom stereocenters. The summed E-state index contributed by atoms with van der Waals surface area (Å²) in [5.41, 5.74) is 3.83. The number of nitrogens with zero attached hydrogens (tertiary/aromatic N) is 2. The van der Waals surface area contributed by atoms with E-state index in [9.17, 15) is 13.2 Å². The largest absolute Gasteiger partial charge is 0.340 e. The first-order valence-electron chi connectivity index (χ1n) is 7.99. The number of nitrogens with two attached hydrogens (primary N) is 1. The molecule has 136 valence electrons. The maximum Gasteiger partial charge on any atom is 0.254 e. The van der Waals surface area contributed by atoms with Gasteiger partial charge in [-0.15, -0.1) is 0 Å². The van der Waals surface area contributed by atoms with Crippen LogP contribution in [0, 0.1) is 13.8 Å². The number of H-pyrrole nitrogens is 1. The third-order valence-electron chi connectivity index (χ3n) is 4.19. The van der Waals surface area contributed by atoms with Gasteiger partial charge in [0.25, 0.3) is 5.91 Å². The molecule has 3 aromatic rings. The van der Waals surface area contributed by atoms with Crippen molar-refractivity contribution in [2.24, 2.45) is 5.14 Å². The Morgan fingerprint density at radius 3 is 2.62 bits per heavy atom. The molecule has 7 nitrogen and oxygen atoms in total. The molecule has 0 unspecified atom stereocenters. The van der Waals surface area contributed by atoms with Gasteiger partial charge in [0.1, 0.15) is 5.82 Å². The van der Waals surface area contributed by atoms with Crippen LogP contribution in [0.3, 0.4) is 0 Å². The smallest absolute Gasteiger partial charge is 0.254 e. The molecule has 2 aromatic carbocycles. The van der Waals surface area contributed by atoms with Crippen LogP contribution in [0.5, 0.6) is 0 Å². The number of amides is 1. The molecule has 1 amide bonds. The zero-order valence-electron chi connectivity index (χ0n) is 14.8. The van der Waals surface area contributed by atoms with Crippen LogP contribution < -0.4 is 5.14 Å². The molecule has 0 aliphatic carbocycles. The van der Waals surface area contributed by atoms with Gasteiger partial charge in [-0.05, 0) is 49.2 Å². The summed E-state index contributed by atoms with van der Waals surface area (Å²) in [6.07, 6.45) is 0. The normalized spacial score (nSPS) is 11.7. The van der Waals surface area contributed by atoms with Crippen LogP contribution >= 0.6 is 0 Å². The molecule has 0 radical (unpaired) electrons. The van der Waals surface area contributed by atoms with Crippen molar-refractivity contribution < 1.29 is 13.2 Å². The van der Waals surface area contributed by atoms with Crippen molar-refractivity contribution in [1.29, 1.82) is 0 Å². The lowest BCUT2D eigenvalue weighted by atomic mass is 10.1. The van der Waals surface area contributed by atoms with Gasteiger partial charge in [0.15, 0.2) is 0 Å². The monoisotopic (exact) mass is 372 g/mol. The van der Waals surface area contributed by atoms with E-state index in [-0.39, 0.29) is 17.3 Å². The molecule has 8 heteroatoms. The quantitative estimate of drug-likeness (QED) is 0.731. The van der Waals surface area contributed by atoms with E-state index >= 15 is 0 Å². The fraction of sp³-hybridized carbons (Fsp3) is 0.222. The predicted molar refractivity (Wildman–Crippen MR) is 99.2 cm³/mol. The molecule has 0 bridgehead atoms. The second-order valence-corrected chi connectivity index (χ2v) is 7.95. The van der Waals surface area contributed by atoms with Crippen molar-refractivity contribution in [2.45, 2.75) is 25.3 Å². The van der Waals surface area contributed by atoms with Crippen LogP contribution in [-0.4, -0.2) is 36.2 Å². The maximum absolute atomic E-state index is 12.8. The van der Waals surface area contributed by atoms with Gasteiger partial charge in [-0.3, -0.25) is 4.79 Å². The Balaban J connectivity index is 1.87. The summed E-state index contributed by atoms with van der Waals surface area (Å²) in [5, 5.41) is 5.16. The Morgan fingerprint density at radius 1 is 1.19 bits per heavy atom. The summed E-state index contributed by atoms with van der Waals surface area (Å²) in [4.78, 5) is 21.9. The SMILES string of the molecule is Cc1ccc2nc(CN(C)C(=O)c3cc(S(N)(=O)=O)ccc3C)[nH]c2c1. The number of hydrogen-bond acceptors (Lipinski definition) is 4. The second-order valence-electron chi connectivity index (χ2n) is 6.39. The molecule has 1 heterocycles. The molecule has 0 spiro atoms. The Kier molecular flexibility index (Phi) is 4.55. The van der Waals surface area contributed by atoms with E-state index in [2.05, 4.69) is 9.97 Å². The Bertz CT molecular complexity index is 1100. The van der Waals surface area contributed by atoms with E-state index < -0.39 is 10.0 Å². The number of hydrogen-bond donors (Lipinski definition) is 2. The minimum Gasteiger partial charge on any atom is -0.340 e. The highest BCUT2D eigenvalue weighted by atomic mass is 32.2. The number of carbonyl (C=O) groups excluding carboxylic acids is 1. The molecule has 26 heavy (non-hydrogen) atoms. The maximum atomic E-state index is 12.8. The highest BCUT2D eigenvalue weighted by Gasteiger charge is 2.19. The fourth-order valence-corrected chi connectivity index (χ4v) is 3.30. The highest BCUT2D eigenvalue weighted by Crippen LogP contribution is 2.18. The lowest BCUT2D eigenvalue weighted by Crippen LogP contribution is -2.27. The molecule has 0 saturated carbocycles. The van der Waals surface area contributed by atoms with E-state index in [4.69, 9.17) is 5.14 Å². The molecule has 1 aromatic heterocycles. The molecular formula is C18H20N4O3S. The van der Waals surface area contributed by atoms with Crippen molar-refractivity contribution in [1.82, 2.24) is 14.9 Å². The first-order valence-corrected chi connectivity index (χ1v) is 9.54. The molecule has 0 fully saturated rings. The van der Waals surface area contributed by atoms with Gasteiger partial charge >= 0.3 is 0 Å². The van der Waals surface area contributed by atoms with Crippen molar-refractivity contribution in [3.63, 3.8) is 0 Å². The van der Waals surface area contributed by atoms with Crippen LogP contribution in [0.2, 0.25) is 0 Å². The zero-order chi connectivity index (χ0) is 19.1. The zero-order valence-corrected chi connectivity index (χ0v) is 15.6. The Hall–Kier alpha value is -2.71. The van der Waals surface area contributed by atoms with Crippen LogP contribution in [-0.2, 0) is 16.6 Å². The Morgan fingerprint density at radius 2 is 1.92 bits per heavy atom. The number of benzene rings is 2. The van der Waals surface area contributed by atoms with Gasteiger partial charge in [-0.1, -0.05) is 12.1 Å². The van der Waals surface area contributed by atoms with Crippen LogP contribution in [0.1, 0.15) is 27.3 Å². The van der Waals surface area contributed by atoms with Crippen LogP contribution in [0.25, 0.3) is 11.0 Å². The summed E-state index contributed by atoms with van der Waals surface area (Å²) in [5.74, 6) is 0.353. The number of imidazole rings is 1. The lowest BCUT2D eigenvalue weighted by molar-refractivity contribution is 0.0781. The van der Waals surface area contributed by atoms with Crippen molar-refractivity contribution in [3.8, 4) is 0 Å². The number of nitrogens with one attached hydrogen (secondary N) is 1. The number of sulfonamides is 1.